The van der Waals surface area contributed by atoms with E-state index >= 15 is 0 Å². The largest absolute Gasteiger partial charge is 0.385 e. The van der Waals surface area contributed by atoms with Gasteiger partial charge in [0.25, 0.3) is 23.6 Å². The fourth-order valence-electron chi connectivity index (χ4n) is 22.8. The average Bonchev–Trinajstić information content (AvgIpc) is 1.62. The van der Waals surface area contributed by atoms with Crippen LogP contribution in [0.2, 0.25) is 0 Å². The Bertz CT molecular complexity index is 4850. The number of carbonyl (C=O) groups excluding carboxylic acids is 18. The molecular formula is C110H152N12O20. The molecule has 10 fully saturated rings. The maximum atomic E-state index is 14.7. The number of aromatic nitrogens is 4. The quantitative estimate of drug-likeness (QED) is 0.0187. The summed E-state index contributed by atoms with van der Waals surface area (Å²) in [5.74, 6) is -6.91. The van der Waals surface area contributed by atoms with Crippen molar-refractivity contribution >= 4 is 106 Å². The third kappa shape index (κ3) is 27.5. The van der Waals surface area contributed by atoms with Crippen LogP contribution in [0.5, 0.6) is 0 Å². The topological polar surface area (TPSA) is 460 Å². The second-order valence-corrected chi connectivity index (χ2v) is 43.1. The Morgan fingerprint density at radius 1 is 0.423 bits per heavy atom. The summed E-state index contributed by atoms with van der Waals surface area (Å²) in [6, 6.07) is 8.01. The van der Waals surface area contributed by atoms with E-state index in [1.165, 1.54) is 12.4 Å². The van der Waals surface area contributed by atoms with Crippen LogP contribution in [0.4, 0.5) is 0 Å². The highest BCUT2D eigenvalue weighted by molar-refractivity contribution is 6.24. The third-order valence-electron chi connectivity index (χ3n) is 30.7. The Hall–Kier alpha value is -11.0. The number of hydrogen-bond acceptors (Lipinski definition) is 24. The van der Waals surface area contributed by atoms with Gasteiger partial charge in [-0.25, -0.2) is 9.97 Å². The fourth-order valence-corrected chi connectivity index (χ4v) is 22.8. The number of nitrogens with zero attached hydrogens (tertiary/aromatic N) is 8. The van der Waals surface area contributed by atoms with Gasteiger partial charge < -0.3 is 30.6 Å². The first-order valence-electron chi connectivity index (χ1n) is 52.7. The van der Waals surface area contributed by atoms with Gasteiger partial charge in [-0.1, -0.05) is 172 Å². The molecule has 16 rings (SSSR count). The van der Waals surface area contributed by atoms with Crippen molar-refractivity contribution in [1.29, 1.82) is 0 Å². The van der Waals surface area contributed by atoms with Crippen LogP contribution in [0.1, 0.15) is 375 Å². The number of amides is 12. The molecule has 0 radical (unpaired) electrons. The van der Waals surface area contributed by atoms with Crippen LogP contribution in [0, 0.1) is 95.7 Å². The zero-order valence-corrected chi connectivity index (χ0v) is 85.8. The van der Waals surface area contributed by atoms with Crippen LogP contribution < -0.4 is 21.3 Å². The molecule has 32 heteroatoms. The summed E-state index contributed by atoms with van der Waals surface area (Å²) in [7, 11) is 0. The number of Topliss-reactive ketones (excluding diaryl/α,β-unsaturated/α-hetero) is 6. The number of aryl methyl sites for hydroxylation is 2. The summed E-state index contributed by atoms with van der Waals surface area (Å²) in [4.78, 5) is 256. The predicted molar refractivity (Wildman–Crippen MR) is 529 cm³/mol. The molecule has 0 spiro atoms. The summed E-state index contributed by atoms with van der Waals surface area (Å²) in [5, 5.41) is 32.7. The molecule has 16 atom stereocenters. The number of likely N-dealkylation sites (tertiary alicyclic amines) is 2. The van der Waals surface area contributed by atoms with Crippen molar-refractivity contribution in [3.05, 3.63) is 118 Å². The Balaban J connectivity index is 0.000000194. The SMILES string of the molecule is CC.CC.CCC[C@H](CC(=O)[C@@H]1[C@H]2CCC[C@H]2CN1C(=O)[C@@H](NC(=O)[C@@H](CC(=O)c1cnc(C)cn1)C1CCCCC1)C(C)(C)C)C(O)C(=O)CC1CC1.CCC[C@H](CC(=O)[C@@H]1[C@H]2CCC[C@H]2CN1C(=O)[C@@H](NC(=O)[C@@H](CC(=O)c1cnc(C)cn1)C1CCCCC1)C(C)(C)C)C(O)C(=O)CC1CC1.O=C1CCC(N2C(=O)c3ccccc3C2=O)C(=O)N1.O=C1CCC(N2C(=O)c3ccccc3C2=O)C(=O)N1. The highest BCUT2D eigenvalue weighted by Crippen LogP contribution is 2.48. The van der Waals surface area contributed by atoms with E-state index < -0.39 is 118 Å². The smallest absolute Gasteiger partial charge is 0.262 e. The van der Waals surface area contributed by atoms with Crippen LogP contribution in [0.15, 0.2) is 73.3 Å². The average molecular weight is 1960 g/mol. The van der Waals surface area contributed by atoms with Crippen LogP contribution in [0.3, 0.4) is 0 Å². The number of aliphatic hydroxyl groups is 2. The predicted octanol–water partition coefficient (Wildman–Crippen LogP) is 13.9. The number of aliphatic hydroxyl groups excluding tert-OH is 2. The number of piperidine rings is 2. The normalized spacial score (nSPS) is 23.7. The number of benzene rings is 2. The van der Waals surface area contributed by atoms with Crippen LogP contribution in [-0.4, -0.2) is 217 Å². The standard InChI is InChI=1S/2C40H60N4O6.2C13H10N2O4.2C2H6/c2*1-6-11-27(36(48)34(47)18-25-16-17-25)19-33(46)35-29-15-10-14-28(29)23-44(35)39(50)37(40(3,4)5)43-38(49)30(26-12-8-7-9-13-26)20-32(45)31-22-41-24(2)21-42-31;2*16-10-6-5-9(11(17)14-10)15-12(18)7-3-1-2-4-8(7)13(15)19;2*1-2/h2*21-22,25-30,35-37,48H,6-20,23H2,1-5H3,(H,43,49);2*1-4,9H,5-6H2,(H,14,16,17);2*1-2H3/t2*27-,28+,29+,30+,35+,36?,37-;;;;/m11..../s1. The first-order chi connectivity index (χ1) is 67.7. The lowest BCUT2D eigenvalue weighted by Crippen LogP contribution is -2.58. The van der Waals surface area contributed by atoms with Gasteiger partial charge in [0.15, 0.2) is 34.7 Å². The van der Waals surface area contributed by atoms with Crippen molar-refractivity contribution in [3.8, 4) is 0 Å². The highest BCUT2D eigenvalue weighted by atomic mass is 16.3. The van der Waals surface area contributed by atoms with Crippen molar-refractivity contribution in [2.75, 3.05) is 13.1 Å². The molecule has 12 amide bonds. The number of fused-ring (bicyclic) bond motifs is 4. The number of hydrogen-bond donors (Lipinski definition) is 6. The summed E-state index contributed by atoms with van der Waals surface area (Å²) in [5.41, 5.74) is 1.75. The number of nitrogens with one attached hydrogen (secondary N) is 4. The molecule has 142 heavy (non-hydrogen) atoms. The monoisotopic (exact) mass is 1960 g/mol. The maximum Gasteiger partial charge on any atom is 0.262 e. The molecule has 4 saturated heterocycles. The summed E-state index contributed by atoms with van der Waals surface area (Å²) >= 11 is 0. The van der Waals surface area contributed by atoms with E-state index in [2.05, 4.69) is 41.2 Å². The molecule has 2 aromatic heterocycles. The van der Waals surface area contributed by atoms with E-state index in [1.54, 1.807) is 84.6 Å². The molecule has 8 heterocycles. The van der Waals surface area contributed by atoms with E-state index in [-0.39, 0.29) is 168 Å². The summed E-state index contributed by atoms with van der Waals surface area (Å²) < 4.78 is 0. The molecule has 12 aliphatic rings. The zero-order chi connectivity index (χ0) is 103. The van der Waals surface area contributed by atoms with Gasteiger partial charge in [-0.3, -0.25) is 117 Å². The Morgan fingerprint density at radius 2 is 0.754 bits per heavy atom. The van der Waals surface area contributed by atoms with Crippen molar-refractivity contribution in [2.45, 2.75) is 364 Å². The molecule has 6 saturated carbocycles. The minimum Gasteiger partial charge on any atom is -0.385 e. The zero-order valence-electron chi connectivity index (χ0n) is 85.8. The van der Waals surface area contributed by atoms with Gasteiger partial charge in [-0.05, 0) is 211 Å². The Labute approximate surface area is 835 Å². The first kappa shape index (κ1) is 111. The Morgan fingerprint density at radius 3 is 1.04 bits per heavy atom. The van der Waals surface area contributed by atoms with Gasteiger partial charge in [0.2, 0.25) is 47.3 Å². The number of ketones is 6. The van der Waals surface area contributed by atoms with Gasteiger partial charge in [0, 0.05) is 88.7 Å². The second kappa shape index (κ2) is 50.5. The Kier molecular flexibility index (Phi) is 39.6. The summed E-state index contributed by atoms with van der Waals surface area (Å²) in [6.45, 7) is 28.0. The van der Waals surface area contributed by atoms with E-state index in [0.717, 1.165) is 151 Å². The van der Waals surface area contributed by atoms with Crippen molar-refractivity contribution in [1.82, 2.24) is 60.8 Å². The van der Waals surface area contributed by atoms with Gasteiger partial charge in [0.05, 0.1) is 58.1 Å². The van der Waals surface area contributed by atoms with Gasteiger partial charge in [-0.2, -0.15) is 0 Å². The first-order valence-corrected chi connectivity index (χ1v) is 52.7. The van der Waals surface area contributed by atoms with Crippen LogP contribution >= 0.6 is 0 Å². The molecule has 6 aliphatic carbocycles. The lowest BCUT2D eigenvalue weighted by molar-refractivity contribution is -0.145. The molecule has 2 aromatic carbocycles. The molecule has 772 valence electrons. The minimum atomic E-state index is -1.17. The molecule has 6 aliphatic heterocycles. The molecule has 6 N–H and O–H groups in total. The van der Waals surface area contributed by atoms with Gasteiger partial charge in [-0.15, -0.1) is 0 Å². The minimum absolute atomic E-state index is 0.00508. The molecule has 4 unspecified atom stereocenters. The van der Waals surface area contributed by atoms with Gasteiger partial charge in [0.1, 0.15) is 47.8 Å². The van der Waals surface area contributed by atoms with Crippen LogP contribution in [0.25, 0.3) is 0 Å². The van der Waals surface area contributed by atoms with Crippen molar-refractivity contribution in [3.63, 3.8) is 0 Å². The summed E-state index contributed by atoms with van der Waals surface area (Å²) in [6.07, 6.45) is 27.0. The van der Waals surface area contributed by atoms with Crippen molar-refractivity contribution in [2.24, 2.45) is 81.8 Å². The molecule has 4 aromatic rings. The van der Waals surface area contributed by atoms with E-state index in [4.69, 9.17) is 0 Å². The fraction of sp³-hybridized carbons (Fsp3) is 0.655. The maximum absolute atomic E-state index is 14.7. The second-order valence-electron chi connectivity index (χ2n) is 43.1. The number of rotatable bonds is 34. The van der Waals surface area contributed by atoms with E-state index in [0.29, 0.717) is 84.3 Å². The third-order valence-corrected chi connectivity index (χ3v) is 30.7. The molecule has 0 bridgehead atoms. The van der Waals surface area contributed by atoms with Crippen LogP contribution in [-0.2, 0) is 57.5 Å². The highest BCUT2D eigenvalue weighted by Gasteiger charge is 2.56. The lowest BCUT2D eigenvalue weighted by Gasteiger charge is -2.38. The molecule has 32 nitrogen and oxygen atoms in total. The molecular weight excluding hydrogens is 1810 g/mol. The lowest BCUT2D eigenvalue weighted by atomic mass is 9.76. The number of carbonyl (C=O) groups is 18. The van der Waals surface area contributed by atoms with E-state index in [9.17, 15) is 96.5 Å². The van der Waals surface area contributed by atoms with E-state index in [1.807, 2.05) is 83.1 Å². The van der Waals surface area contributed by atoms with Gasteiger partial charge >= 0.3 is 0 Å². The number of imide groups is 4. The van der Waals surface area contributed by atoms with Crippen molar-refractivity contribution < 1.29 is 96.5 Å².